The second-order valence-corrected chi connectivity index (χ2v) is 1.12. The summed E-state index contributed by atoms with van der Waals surface area (Å²) in [6, 6.07) is 0. The lowest BCUT2D eigenvalue weighted by Crippen LogP contribution is -2.00. The Morgan fingerprint density at radius 3 is 2.57 bits per heavy atom. The quantitative estimate of drug-likeness (QED) is 0.450. The van der Waals surface area contributed by atoms with Crippen LogP contribution in [0.3, 0.4) is 0 Å². The van der Waals surface area contributed by atoms with Crippen LogP contribution >= 0.6 is 0 Å². The minimum absolute atomic E-state index is 0.315. The minimum Gasteiger partial charge on any atom is -0.293 e. The third-order valence-electron chi connectivity index (χ3n) is 0.550. The summed E-state index contributed by atoms with van der Waals surface area (Å²) in [5.74, 6) is 0.366. The Hall–Kier alpha value is -1.06. The monoisotopic (exact) mass is 98.0 g/mol. The van der Waals surface area contributed by atoms with Crippen LogP contribution in [0, 0.1) is 6.92 Å². The number of nitrogens with zero attached hydrogens (tertiary/aromatic N) is 1. The molecular weight excluding hydrogens is 94.1 g/mol. The van der Waals surface area contributed by atoms with Crippen molar-refractivity contribution in [3.63, 3.8) is 0 Å². The van der Waals surface area contributed by atoms with Crippen LogP contribution < -0.4 is 5.69 Å². The Labute approximate surface area is 39.6 Å². The van der Waals surface area contributed by atoms with Crippen LogP contribution in [0.4, 0.5) is 0 Å². The molecule has 1 rings (SSSR count). The Bertz CT molecular complexity index is 198. The van der Waals surface area contributed by atoms with Crippen molar-refractivity contribution in [1.29, 1.82) is 0 Å². The van der Waals surface area contributed by atoms with Crippen LogP contribution in [0.25, 0.3) is 0 Å². The molecule has 7 heavy (non-hydrogen) atoms. The fourth-order valence-electron chi connectivity index (χ4n) is 0.305. The average Bonchev–Trinajstić information content (AvgIpc) is 1.87. The van der Waals surface area contributed by atoms with Gasteiger partial charge in [0.05, 0.1) is 0 Å². The fourth-order valence-corrected chi connectivity index (χ4v) is 0.305. The summed E-state index contributed by atoms with van der Waals surface area (Å²) in [6.07, 6.45) is 0. The van der Waals surface area contributed by atoms with E-state index in [4.69, 9.17) is 0 Å². The number of rotatable bonds is 0. The van der Waals surface area contributed by atoms with Gasteiger partial charge in [-0.05, 0) is 0 Å². The molecule has 0 saturated heterocycles. The van der Waals surface area contributed by atoms with Crippen molar-refractivity contribution in [1.82, 2.24) is 15.2 Å². The topological polar surface area (TPSA) is 61.5 Å². The van der Waals surface area contributed by atoms with Crippen LogP contribution in [0.5, 0.6) is 0 Å². The zero-order valence-electron chi connectivity index (χ0n) is 3.56. The van der Waals surface area contributed by atoms with E-state index < -0.39 is 0 Å². The molecule has 0 fully saturated rings. The standard InChI is InChI=1S/C3H4N3O/c1-2-4-3(7)6-5-2/h1H2,(H2,4,5,6,7). The number of hydrogen-bond donors (Lipinski definition) is 2. The molecule has 37 valence electrons. The van der Waals surface area contributed by atoms with Crippen molar-refractivity contribution in [3.8, 4) is 0 Å². The summed E-state index contributed by atoms with van der Waals surface area (Å²) < 4.78 is 0. The molecule has 4 nitrogen and oxygen atoms in total. The second-order valence-electron chi connectivity index (χ2n) is 1.12. The zero-order valence-corrected chi connectivity index (χ0v) is 3.56. The van der Waals surface area contributed by atoms with Crippen molar-refractivity contribution in [2.45, 2.75) is 0 Å². The highest BCUT2D eigenvalue weighted by Crippen LogP contribution is 1.68. The second kappa shape index (κ2) is 1.22. The van der Waals surface area contributed by atoms with Gasteiger partial charge >= 0.3 is 5.69 Å². The van der Waals surface area contributed by atoms with Gasteiger partial charge in [-0.15, -0.1) is 0 Å². The molecule has 1 aromatic rings. The summed E-state index contributed by atoms with van der Waals surface area (Å²) in [7, 11) is 0. The molecular formula is C3H4N3O. The van der Waals surface area contributed by atoms with Gasteiger partial charge in [0.15, 0.2) is 0 Å². The molecule has 4 heteroatoms. The van der Waals surface area contributed by atoms with E-state index in [1.807, 2.05) is 0 Å². The van der Waals surface area contributed by atoms with Crippen LogP contribution in [-0.4, -0.2) is 15.2 Å². The molecule has 0 amide bonds. The first-order chi connectivity index (χ1) is 3.29. The summed E-state index contributed by atoms with van der Waals surface area (Å²) in [4.78, 5) is 12.4. The highest BCUT2D eigenvalue weighted by Gasteiger charge is 1.83. The highest BCUT2D eigenvalue weighted by atomic mass is 16.1. The van der Waals surface area contributed by atoms with Gasteiger partial charge in [-0.1, -0.05) is 0 Å². The minimum atomic E-state index is -0.315. The summed E-state index contributed by atoms with van der Waals surface area (Å²) in [6.45, 7) is 3.34. The van der Waals surface area contributed by atoms with E-state index in [0.717, 1.165) is 0 Å². The number of hydrogen-bond acceptors (Lipinski definition) is 2. The fraction of sp³-hybridized carbons (Fsp3) is 0. The van der Waals surface area contributed by atoms with Gasteiger partial charge in [0.1, 0.15) is 5.82 Å². The van der Waals surface area contributed by atoms with Crippen molar-refractivity contribution in [2.24, 2.45) is 0 Å². The van der Waals surface area contributed by atoms with Gasteiger partial charge in [-0.25, -0.2) is 9.89 Å². The molecule has 1 aromatic heterocycles. The van der Waals surface area contributed by atoms with E-state index in [9.17, 15) is 4.79 Å². The van der Waals surface area contributed by atoms with E-state index >= 15 is 0 Å². The van der Waals surface area contributed by atoms with Crippen LogP contribution in [0.15, 0.2) is 4.79 Å². The molecule has 0 saturated carbocycles. The maximum absolute atomic E-state index is 10.1. The number of aromatic amines is 2. The Balaban J connectivity index is 3.30. The maximum Gasteiger partial charge on any atom is 0.340 e. The molecule has 0 aliphatic carbocycles. The summed E-state index contributed by atoms with van der Waals surface area (Å²) in [5, 5.41) is 5.56. The van der Waals surface area contributed by atoms with Crippen LogP contribution in [-0.2, 0) is 0 Å². The van der Waals surface area contributed by atoms with Crippen LogP contribution in [0.2, 0.25) is 0 Å². The zero-order chi connectivity index (χ0) is 5.28. The number of nitrogens with one attached hydrogen (secondary N) is 2. The molecule has 2 N–H and O–H groups in total. The summed E-state index contributed by atoms with van der Waals surface area (Å²) in [5.41, 5.74) is -0.315. The SMILES string of the molecule is [CH2]c1n[nH]c(=O)[nH]1. The first-order valence-corrected chi connectivity index (χ1v) is 1.75. The normalized spacial score (nSPS) is 9.29. The van der Waals surface area contributed by atoms with Crippen LogP contribution in [0.1, 0.15) is 5.82 Å². The van der Waals surface area contributed by atoms with Gasteiger partial charge in [-0.2, -0.15) is 5.10 Å². The lowest BCUT2D eigenvalue weighted by molar-refractivity contribution is 1.04. The van der Waals surface area contributed by atoms with Crippen molar-refractivity contribution >= 4 is 0 Å². The van der Waals surface area contributed by atoms with Gasteiger partial charge in [0.2, 0.25) is 0 Å². The Kier molecular flexibility index (Phi) is 0.714. The van der Waals surface area contributed by atoms with Gasteiger partial charge in [0.25, 0.3) is 0 Å². The molecule has 0 unspecified atom stereocenters. The third kappa shape index (κ3) is 0.677. The first-order valence-electron chi connectivity index (χ1n) is 1.75. The lowest BCUT2D eigenvalue weighted by atomic mass is 10.8. The molecule has 1 heterocycles. The van der Waals surface area contributed by atoms with Crippen molar-refractivity contribution < 1.29 is 0 Å². The van der Waals surface area contributed by atoms with E-state index in [1.165, 1.54) is 0 Å². The maximum atomic E-state index is 10.1. The van der Waals surface area contributed by atoms with E-state index in [-0.39, 0.29) is 5.69 Å². The van der Waals surface area contributed by atoms with E-state index in [1.54, 1.807) is 0 Å². The average molecular weight is 98.1 g/mol. The highest BCUT2D eigenvalue weighted by molar-refractivity contribution is 4.82. The smallest absolute Gasteiger partial charge is 0.293 e. The van der Waals surface area contributed by atoms with Gasteiger partial charge < -0.3 is 0 Å². The Morgan fingerprint density at radius 2 is 2.43 bits per heavy atom. The van der Waals surface area contributed by atoms with Crippen molar-refractivity contribution in [3.05, 3.63) is 23.2 Å². The van der Waals surface area contributed by atoms with Gasteiger partial charge in [-0.3, -0.25) is 4.98 Å². The molecule has 0 aliphatic rings. The Morgan fingerprint density at radius 1 is 1.71 bits per heavy atom. The molecule has 0 aliphatic heterocycles. The third-order valence-corrected chi connectivity index (χ3v) is 0.550. The largest absolute Gasteiger partial charge is 0.340 e. The lowest BCUT2D eigenvalue weighted by Gasteiger charge is -1.65. The molecule has 0 aromatic carbocycles. The van der Waals surface area contributed by atoms with E-state index in [0.29, 0.717) is 5.82 Å². The number of H-pyrrole nitrogens is 2. The molecule has 0 spiro atoms. The van der Waals surface area contributed by atoms with Crippen molar-refractivity contribution in [2.75, 3.05) is 0 Å². The molecule has 1 radical (unpaired) electrons. The molecule has 0 bridgehead atoms. The van der Waals surface area contributed by atoms with Gasteiger partial charge in [0, 0.05) is 6.92 Å². The predicted molar refractivity (Wildman–Crippen MR) is 23.7 cm³/mol. The predicted octanol–water partition coefficient (Wildman–Crippen LogP) is -0.720. The number of aromatic nitrogens is 3. The molecule has 0 atom stereocenters. The summed E-state index contributed by atoms with van der Waals surface area (Å²) >= 11 is 0. The van der Waals surface area contributed by atoms with E-state index in [2.05, 4.69) is 22.1 Å². The first kappa shape index (κ1) is 4.11.